The summed E-state index contributed by atoms with van der Waals surface area (Å²) in [7, 11) is 2.12. The minimum Gasteiger partial charge on any atom is -0.488 e. The summed E-state index contributed by atoms with van der Waals surface area (Å²) in [6.45, 7) is 9.82. The van der Waals surface area contributed by atoms with Gasteiger partial charge in [-0.3, -0.25) is 0 Å². The van der Waals surface area contributed by atoms with E-state index in [1.54, 1.807) is 4.68 Å². The zero-order valence-electron chi connectivity index (χ0n) is 19.6. The topological polar surface area (TPSA) is 102 Å². The number of nitrogens with one attached hydrogen (secondary N) is 1. The highest BCUT2D eigenvalue weighted by molar-refractivity contribution is 5.65. The molecule has 0 amide bonds. The number of piperazine rings is 1. The molecule has 1 aromatic carbocycles. The van der Waals surface area contributed by atoms with E-state index >= 15 is 0 Å². The van der Waals surface area contributed by atoms with Crippen LogP contribution in [0, 0.1) is 0 Å². The summed E-state index contributed by atoms with van der Waals surface area (Å²) in [5.74, 6) is 3.34. The lowest BCUT2D eigenvalue weighted by Crippen LogP contribution is -2.44. The maximum absolute atomic E-state index is 11.7. The van der Waals surface area contributed by atoms with Gasteiger partial charge in [-0.25, -0.2) is 4.79 Å². The Morgan fingerprint density at radius 1 is 1.21 bits per heavy atom. The summed E-state index contributed by atoms with van der Waals surface area (Å²) in [5, 5.41) is 7.68. The molecular weight excluding hydrogens is 418 g/mol. The van der Waals surface area contributed by atoms with Crippen LogP contribution in [0.25, 0.3) is 5.69 Å². The minimum absolute atomic E-state index is 0.232. The van der Waals surface area contributed by atoms with E-state index in [9.17, 15) is 4.79 Å². The number of benzene rings is 1. The van der Waals surface area contributed by atoms with Crippen molar-refractivity contribution in [2.24, 2.45) is 0 Å². The van der Waals surface area contributed by atoms with Gasteiger partial charge in [0.15, 0.2) is 0 Å². The van der Waals surface area contributed by atoms with Crippen LogP contribution in [-0.2, 0) is 4.79 Å². The number of nitrogens with zero attached hydrogens (tertiary/aromatic N) is 5. The van der Waals surface area contributed by atoms with E-state index in [0.29, 0.717) is 17.3 Å². The van der Waals surface area contributed by atoms with E-state index in [4.69, 9.17) is 10.5 Å². The van der Waals surface area contributed by atoms with Crippen molar-refractivity contribution >= 4 is 17.8 Å². The molecule has 0 radical (unpaired) electrons. The van der Waals surface area contributed by atoms with Crippen LogP contribution < -0.4 is 15.8 Å². The van der Waals surface area contributed by atoms with Crippen molar-refractivity contribution in [2.75, 3.05) is 44.3 Å². The molecular formula is C24H31N7O2. The second kappa shape index (κ2) is 9.13. The fourth-order valence-electron chi connectivity index (χ4n) is 3.82. The Hall–Kier alpha value is -3.55. The van der Waals surface area contributed by atoms with E-state index in [2.05, 4.69) is 38.2 Å². The summed E-state index contributed by atoms with van der Waals surface area (Å²) >= 11 is 0. The Morgan fingerprint density at radius 2 is 1.97 bits per heavy atom. The molecule has 2 aliphatic rings. The van der Waals surface area contributed by atoms with Crippen molar-refractivity contribution < 1.29 is 9.53 Å². The molecule has 4 rings (SSSR count). The molecule has 1 saturated heterocycles. The van der Waals surface area contributed by atoms with Crippen molar-refractivity contribution in [3.05, 3.63) is 53.8 Å². The number of allylic oxidation sites excluding steroid dienone is 1. The molecule has 33 heavy (non-hydrogen) atoms. The van der Waals surface area contributed by atoms with Gasteiger partial charge in [0.25, 0.3) is 0 Å². The van der Waals surface area contributed by atoms with Gasteiger partial charge in [0.2, 0.25) is 11.9 Å². The van der Waals surface area contributed by atoms with Gasteiger partial charge >= 0.3 is 0 Å². The van der Waals surface area contributed by atoms with Crippen molar-refractivity contribution in [3.63, 3.8) is 0 Å². The number of rotatable bonds is 5. The zero-order chi connectivity index (χ0) is 23.6. The first kappa shape index (κ1) is 22.6. The van der Waals surface area contributed by atoms with Crippen LogP contribution in [-0.4, -0.2) is 75.4 Å². The van der Waals surface area contributed by atoms with Gasteiger partial charge in [-0.1, -0.05) is 12.1 Å². The maximum atomic E-state index is 11.7. The van der Waals surface area contributed by atoms with Crippen molar-refractivity contribution in [2.45, 2.75) is 32.4 Å². The van der Waals surface area contributed by atoms with E-state index in [-0.39, 0.29) is 17.6 Å². The summed E-state index contributed by atoms with van der Waals surface area (Å²) in [4.78, 5) is 20.6. The molecule has 0 saturated carbocycles. The average Bonchev–Trinajstić information content (AvgIpc) is 3.13. The molecule has 1 unspecified atom stereocenters. The third kappa shape index (κ3) is 5.45. The third-order valence-electron chi connectivity index (χ3n) is 5.49. The number of hydrogen-bond donors (Lipinski definition) is 2. The average molecular weight is 450 g/mol. The van der Waals surface area contributed by atoms with Gasteiger partial charge in [0, 0.05) is 37.9 Å². The molecule has 2 aromatic rings. The summed E-state index contributed by atoms with van der Waals surface area (Å²) < 4.78 is 7.48. The predicted molar refractivity (Wildman–Crippen MR) is 129 cm³/mol. The van der Waals surface area contributed by atoms with Gasteiger partial charge in [0.1, 0.15) is 17.3 Å². The van der Waals surface area contributed by atoms with Crippen LogP contribution in [0.15, 0.2) is 53.8 Å². The molecule has 0 spiro atoms. The van der Waals surface area contributed by atoms with Gasteiger partial charge < -0.3 is 25.6 Å². The molecule has 1 atom stereocenters. The predicted octanol–water partition coefficient (Wildman–Crippen LogP) is 2.27. The Morgan fingerprint density at radius 3 is 2.67 bits per heavy atom. The standard InChI is InChI=1S/C24H31N7O2/c1-24(2,3)33-20-7-5-6-19(15-20)31-22(25)27-23(28-31)26-21-9-8-18(14-17(21)16-32)30-12-10-29(4)11-13-30/h5-9,14-15,21H,10-13H2,1-4H3,(H3,25,26,27,28). The number of likely N-dealkylation sites (N-methyl/N-ethyl adjacent to an activating group) is 1. The first-order valence-corrected chi connectivity index (χ1v) is 11.1. The molecule has 1 aliphatic carbocycles. The number of hydrogen-bond acceptors (Lipinski definition) is 8. The second-order valence-electron chi connectivity index (χ2n) is 9.32. The molecule has 1 aromatic heterocycles. The summed E-state index contributed by atoms with van der Waals surface area (Å²) in [5.41, 5.74) is 8.08. The number of nitrogen functional groups attached to an aromatic ring is 1. The van der Waals surface area contributed by atoms with Gasteiger partial charge in [-0.2, -0.15) is 9.67 Å². The molecule has 3 N–H and O–H groups in total. The molecule has 1 fully saturated rings. The lowest BCUT2D eigenvalue weighted by atomic mass is 10.0. The van der Waals surface area contributed by atoms with Crippen molar-refractivity contribution in [1.29, 1.82) is 0 Å². The molecule has 174 valence electrons. The van der Waals surface area contributed by atoms with Crippen LogP contribution in [0.4, 0.5) is 11.9 Å². The monoisotopic (exact) mass is 449 g/mol. The molecule has 2 heterocycles. The highest BCUT2D eigenvalue weighted by Crippen LogP contribution is 2.24. The number of anilines is 2. The van der Waals surface area contributed by atoms with E-state index < -0.39 is 0 Å². The number of aromatic nitrogens is 3. The van der Waals surface area contributed by atoms with Crippen LogP contribution in [0.5, 0.6) is 5.75 Å². The normalized spacial score (nSPS) is 19.3. The zero-order valence-corrected chi connectivity index (χ0v) is 19.6. The maximum Gasteiger partial charge on any atom is 0.245 e. The fraction of sp³-hybridized carbons (Fsp3) is 0.417. The highest BCUT2D eigenvalue weighted by Gasteiger charge is 2.22. The Balaban J connectivity index is 1.49. The number of carbonyl (C=O) groups excluding carboxylic acids is 1. The quantitative estimate of drug-likeness (QED) is 0.671. The number of ether oxygens (including phenoxy) is 1. The molecule has 9 nitrogen and oxygen atoms in total. The number of nitrogens with two attached hydrogens (primary N) is 1. The van der Waals surface area contributed by atoms with Gasteiger partial charge in [-0.15, -0.1) is 5.10 Å². The first-order valence-electron chi connectivity index (χ1n) is 11.1. The third-order valence-corrected chi connectivity index (χ3v) is 5.49. The van der Waals surface area contributed by atoms with E-state index in [0.717, 1.165) is 37.6 Å². The first-order chi connectivity index (χ1) is 15.7. The largest absolute Gasteiger partial charge is 0.488 e. The van der Waals surface area contributed by atoms with Gasteiger partial charge in [0.05, 0.1) is 17.3 Å². The lowest BCUT2D eigenvalue weighted by Gasteiger charge is -2.35. The Labute approximate surface area is 194 Å². The van der Waals surface area contributed by atoms with Crippen molar-refractivity contribution in [3.8, 4) is 11.4 Å². The minimum atomic E-state index is -0.385. The Kier molecular flexibility index (Phi) is 6.26. The molecule has 9 heteroatoms. The van der Waals surface area contributed by atoms with Crippen LogP contribution >= 0.6 is 0 Å². The smallest absolute Gasteiger partial charge is 0.245 e. The lowest BCUT2D eigenvalue weighted by molar-refractivity contribution is 0.131. The van der Waals surface area contributed by atoms with Crippen LogP contribution in [0.1, 0.15) is 20.8 Å². The molecule has 0 bridgehead atoms. The summed E-state index contributed by atoms with van der Waals surface area (Å²) in [6.07, 6.45) is 5.84. The van der Waals surface area contributed by atoms with Crippen LogP contribution in [0.3, 0.4) is 0 Å². The second-order valence-corrected chi connectivity index (χ2v) is 9.32. The summed E-state index contributed by atoms with van der Waals surface area (Å²) in [6, 6.07) is 7.13. The SMILES string of the molecule is CN1CCN(C2=CC(=C=O)C(Nc3nc(N)n(-c4cccc(OC(C)(C)C)c4)n3)C=C2)CC1. The Bertz CT molecular complexity index is 1110. The fourth-order valence-corrected chi connectivity index (χ4v) is 3.82. The van der Waals surface area contributed by atoms with Gasteiger partial charge in [-0.05, 0) is 52.1 Å². The van der Waals surface area contributed by atoms with Crippen LogP contribution in [0.2, 0.25) is 0 Å². The highest BCUT2D eigenvalue weighted by atomic mass is 16.5. The van der Waals surface area contributed by atoms with E-state index in [1.807, 2.05) is 63.3 Å². The molecule has 1 aliphatic heterocycles. The van der Waals surface area contributed by atoms with E-state index in [1.165, 1.54) is 0 Å². The van der Waals surface area contributed by atoms with Crippen molar-refractivity contribution in [1.82, 2.24) is 24.6 Å².